The molecule has 1 saturated heterocycles. The zero-order chi connectivity index (χ0) is 19.4. The van der Waals surface area contributed by atoms with E-state index in [1.165, 1.54) is 11.8 Å². The highest BCUT2D eigenvalue weighted by Crippen LogP contribution is 2.34. The van der Waals surface area contributed by atoms with Crippen LogP contribution in [0.2, 0.25) is 5.02 Å². The Hall–Kier alpha value is -2.24. The predicted octanol–water partition coefficient (Wildman–Crippen LogP) is 5.75. The average Bonchev–Trinajstić information content (AvgIpc) is 2.92. The average molecular weight is 401 g/mol. The summed E-state index contributed by atoms with van der Waals surface area (Å²) >= 11 is 7.69. The van der Waals surface area contributed by atoms with E-state index in [-0.39, 0.29) is 12.0 Å². The Morgan fingerprint density at radius 2 is 2.00 bits per heavy atom. The number of carbonyl (C=O) groups is 1. The zero-order valence-corrected chi connectivity index (χ0v) is 17.1. The fourth-order valence-electron chi connectivity index (χ4n) is 2.42. The van der Waals surface area contributed by atoms with Gasteiger partial charge in [-0.05, 0) is 61.0 Å². The van der Waals surface area contributed by atoms with Crippen molar-refractivity contribution >= 4 is 46.2 Å². The number of benzene rings is 2. The van der Waals surface area contributed by atoms with Gasteiger partial charge in [-0.15, -0.1) is 0 Å². The number of hydrogen-bond acceptors (Lipinski definition) is 4. The Balaban J connectivity index is 1.82. The number of para-hydroxylation sites is 1. The van der Waals surface area contributed by atoms with Crippen LogP contribution in [-0.4, -0.2) is 29.1 Å². The number of thioether (sulfide) groups is 1. The van der Waals surface area contributed by atoms with Crippen molar-refractivity contribution in [3.05, 3.63) is 64.0 Å². The van der Waals surface area contributed by atoms with E-state index < -0.39 is 0 Å². The minimum absolute atomic E-state index is 0.0780. The fraction of sp³-hybridized carbons (Fsp3) is 0.238. The van der Waals surface area contributed by atoms with Gasteiger partial charge in [0.15, 0.2) is 5.17 Å². The molecule has 6 heteroatoms. The van der Waals surface area contributed by atoms with Crippen LogP contribution in [0, 0.1) is 0 Å². The number of amides is 1. The van der Waals surface area contributed by atoms with Gasteiger partial charge in [0.05, 0.1) is 21.7 Å². The number of rotatable bonds is 5. The van der Waals surface area contributed by atoms with Crippen LogP contribution in [0.4, 0.5) is 5.69 Å². The Bertz CT molecular complexity index is 896. The number of ether oxygens (including phenoxy) is 1. The summed E-state index contributed by atoms with van der Waals surface area (Å²) in [5, 5.41) is 1.19. The molecule has 0 N–H and O–H groups in total. The first-order valence-electron chi connectivity index (χ1n) is 8.75. The summed E-state index contributed by atoms with van der Waals surface area (Å²) in [6.45, 7) is 4.06. The predicted molar refractivity (Wildman–Crippen MR) is 114 cm³/mol. The van der Waals surface area contributed by atoms with Gasteiger partial charge in [0.1, 0.15) is 5.75 Å². The second-order valence-corrected chi connectivity index (χ2v) is 7.65. The van der Waals surface area contributed by atoms with Crippen molar-refractivity contribution in [2.45, 2.75) is 26.4 Å². The van der Waals surface area contributed by atoms with E-state index in [0.717, 1.165) is 17.7 Å². The Labute approximate surface area is 168 Å². The van der Waals surface area contributed by atoms with E-state index in [1.807, 2.05) is 61.5 Å². The minimum atomic E-state index is -0.0780. The maximum atomic E-state index is 12.5. The summed E-state index contributed by atoms with van der Waals surface area (Å²) in [4.78, 5) is 19.3. The molecule has 2 aromatic carbocycles. The van der Waals surface area contributed by atoms with Crippen molar-refractivity contribution in [3.63, 3.8) is 0 Å². The van der Waals surface area contributed by atoms with Gasteiger partial charge in [0.25, 0.3) is 5.91 Å². The van der Waals surface area contributed by atoms with Crippen molar-refractivity contribution < 1.29 is 9.53 Å². The van der Waals surface area contributed by atoms with Crippen LogP contribution in [0.25, 0.3) is 6.08 Å². The lowest BCUT2D eigenvalue weighted by Crippen LogP contribution is -2.23. The summed E-state index contributed by atoms with van der Waals surface area (Å²) < 4.78 is 5.79. The molecule has 140 valence electrons. The van der Waals surface area contributed by atoms with Crippen LogP contribution in [0.5, 0.6) is 5.75 Å². The second-order valence-electron chi connectivity index (χ2n) is 6.23. The molecule has 1 amide bonds. The molecule has 0 aliphatic carbocycles. The molecule has 3 rings (SSSR count). The van der Waals surface area contributed by atoms with Crippen LogP contribution >= 0.6 is 23.4 Å². The lowest BCUT2D eigenvalue weighted by molar-refractivity contribution is -0.121. The SMILES string of the molecule is CC[C@@H](C)Oc1ccc(/C=C2\SC(=Nc3ccccc3)N(C)C2=O)cc1Cl. The molecule has 1 aliphatic rings. The zero-order valence-electron chi connectivity index (χ0n) is 15.5. The topological polar surface area (TPSA) is 41.9 Å². The normalized spacial score (nSPS) is 18.4. The van der Waals surface area contributed by atoms with Crippen LogP contribution in [0.1, 0.15) is 25.8 Å². The number of aliphatic imine (C=N–C) groups is 1. The molecule has 0 saturated carbocycles. The third-order valence-corrected chi connectivity index (χ3v) is 5.50. The molecule has 1 aliphatic heterocycles. The summed E-state index contributed by atoms with van der Waals surface area (Å²) in [5.74, 6) is 0.577. The Morgan fingerprint density at radius 3 is 2.67 bits per heavy atom. The minimum Gasteiger partial charge on any atom is -0.489 e. The van der Waals surface area contributed by atoms with E-state index in [9.17, 15) is 4.79 Å². The van der Waals surface area contributed by atoms with Gasteiger partial charge in [-0.3, -0.25) is 9.69 Å². The molecule has 0 radical (unpaired) electrons. The molecule has 1 atom stereocenters. The molecule has 0 spiro atoms. The smallest absolute Gasteiger partial charge is 0.266 e. The molecule has 2 aromatic rings. The standard InChI is InChI=1S/C21H21ClN2O2S/c1-4-14(2)26-18-11-10-15(12-17(18)22)13-19-20(25)24(3)21(27-19)23-16-8-6-5-7-9-16/h5-14H,4H2,1-3H3/b19-13-,23-21?/t14-/m1/s1. The van der Waals surface area contributed by atoms with Gasteiger partial charge < -0.3 is 4.74 Å². The summed E-state index contributed by atoms with van der Waals surface area (Å²) in [6, 6.07) is 15.1. The quantitative estimate of drug-likeness (QED) is 0.600. The van der Waals surface area contributed by atoms with Gasteiger partial charge >= 0.3 is 0 Å². The number of carbonyl (C=O) groups excluding carboxylic acids is 1. The molecule has 0 aromatic heterocycles. The van der Waals surface area contributed by atoms with E-state index in [0.29, 0.717) is 20.8 Å². The van der Waals surface area contributed by atoms with Crippen LogP contribution in [0.3, 0.4) is 0 Å². The maximum Gasteiger partial charge on any atom is 0.266 e. The Morgan fingerprint density at radius 1 is 1.26 bits per heavy atom. The molecular weight excluding hydrogens is 380 g/mol. The van der Waals surface area contributed by atoms with Crippen molar-refractivity contribution in [1.82, 2.24) is 4.90 Å². The highest BCUT2D eigenvalue weighted by molar-refractivity contribution is 8.18. The van der Waals surface area contributed by atoms with Gasteiger partial charge in [-0.1, -0.05) is 42.8 Å². The third-order valence-electron chi connectivity index (χ3n) is 4.14. The van der Waals surface area contributed by atoms with Gasteiger partial charge in [0.2, 0.25) is 0 Å². The molecule has 0 unspecified atom stereocenters. The van der Waals surface area contributed by atoms with Crippen LogP contribution in [0.15, 0.2) is 58.4 Å². The molecular formula is C21H21ClN2O2S. The van der Waals surface area contributed by atoms with E-state index in [1.54, 1.807) is 11.9 Å². The van der Waals surface area contributed by atoms with E-state index in [2.05, 4.69) is 11.9 Å². The van der Waals surface area contributed by atoms with Crippen LogP contribution in [-0.2, 0) is 4.79 Å². The summed E-state index contributed by atoms with van der Waals surface area (Å²) in [7, 11) is 1.73. The lowest BCUT2D eigenvalue weighted by Gasteiger charge is -2.14. The Kier molecular flexibility index (Phi) is 6.24. The largest absolute Gasteiger partial charge is 0.489 e. The summed E-state index contributed by atoms with van der Waals surface area (Å²) in [6.07, 6.45) is 2.84. The number of halogens is 1. The number of amidine groups is 1. The van der Waals surface area contributed by atoms with E-state index >= 15 is 0 Å². The number of likely N-dealkylation sites (N-methyl/N-ethyl adjacent to an activating group) is 1. The van der Waals surface area contributed by atoms with Crippen molar-refractivity contribution in [3.8, 4) is 5.75 Å². The first-order chi connectivity index (χ1) is 13.0. The lowest BCUT2D eigenvalue weighted by atomic mass is 10.2. The van der Waals surface area contributed by atoms with Gasteiger partial charge in [0, 0.05) is 7.05 Å². The molecule has 1 fully saturated rings. The van der Waals surface area contributed by atoms with Crippen molar-refractivity contribution in [1.29, 1.82) is 0 Å². The molecule has 4 nitrogen and oxygen atoms in total. The fourth-order valence-corrected chi connectivity index (χ4v) is 3.64. The first kappa shape index (κ1) is 19.5. The summed E-state index contributed by atoms with van der Waals surface area (Å²) in [5.41, 5.74) is 1.66. The monoisotopic (exact) mass is 400 g/mol. The van der Waals surface area contributed by atoms with Crippen molar-refractivity contribution in [2.75, 3.05) is 7.05 Å². The van der Waals surface area contributed by atoms with Crippen molar-refractivity contribution in [2.24, 2.45) is 4.99 Å². The number of hydrogen-bond donors (Lipinski definition) is 0. The maximum absolute atomic E-state index is 12.5. The molecule has 0 bridgehead atoms. The third kappa shape index (κ3) is 4.73. The highest BCUT2D eigenvalue weighted by Gasteiger charge is 2.30. The molecule has 1 heterocycles. The van der Waals surface area contributed by atoms with Gasteiger partial charge in [-0.25, -0.2) is 4.99 Å². The first-order valence-corrected chi connectivity index (χ1v) is 9.95. The van der Waals surface area contributed by atoms with E-state index in [4.69, 9.17) is 16.3 Å². The van der Waals surface area contributed by atoms with Gasteiger partial charge in [-0.2, -0.15) is 0 Å². The molecule has 27 heavy (non-hydrogen) atoms. The second kappa shape index (κ2) is 8.63. The highest BCUT2D eigenvalue weighted by atomic mass is 35.5. The number of nitrogens with zero attached hydrogens (tertiary/aromatic N) is 2. The van der Waals surface area contributed by atoms with Crippen LogP contribution < -0.4 is 4.74 Å².